The third kappa shape index (κ3) is 4.71. The quantitative estimate of drug-likeness (QED) is 0.200. The normalized spacial score (nSPS) is 14.6. The molecule has 0 aromatic heterocycles. The van der Waals surface area contributed by atoms with Gasteiger partial charge in [0.1, 0.15) is 12.1 Å². The lowest BCUT2D eigenvalue weighted by atomic mass is 9.83. The molecule has 0 saturated carbocycles. The van der Waals surface area contributed by atoms with E-state index >= 15 is 0 Å². The fraction of sp³-hybridized carbons (Fsp3) is 0.0789. The zero-order valence-corrected chi connectivity index (χ0v) is 25.6. The first-order chi connectivity index (χ1) is 23.9. The summed E-state index contributed by atoms with van der Waals surface area (Å²) < 4.78 is 41.2. The zero-order valence-electron chi connectivity index (χ0n) is 25.6. The van der Waals surface area contributed by atoms with Crippen LogP contribution in [0.15, 0.2) is 47.8 Å². The molecule has 50 heavy (non-hydrogen) atoms. The van der Waals surface area contributed by atoms with E-state index < -0.39 is 34.3 Å². The summed E-state index contributed by atoms with van der Waals surface area (Å²) in [5, 5.41) is 61.9. The summed E-state index contributed by atoms with van der Waals surface area (Å²) in [5.74, 6) is 0. The average molecular weight is 652 g/mol. The van der Waals surface area contributed by atoms with Crippen LogP contribution in [0.25, 0.3) is 48.1 Å². The molecule has 12 heteroatoms. The van der Waals surface area contributed by atoms with Crippen molar-refractivity contribution in [1.82, 2.24) is 0 Å². The first-order valence-corrected chi connectivity index (χ1v) is 14.0. The van der Waals surface area contributed by atoms with Gasteiger partial charge in [0, 0.05) is 16.7 Å². The van der Waals surface area contributed by atoms with Crippen molar-refractivity contribution in [2.45, 2.75) is 20.0 Å². The Morgan fingerprint density at radius 1 is 0.640 bits per heavy atom. The van der Waals surface area contributed by atoms with E-state index in [0.717, 1.165) is 23.3 Å². The number of allylic oxidation sites excluding steroid dienone is 7. The van der Waals surface area contributed by atoms with Crippen LogP contribution in [0.4, 0.5) is 13.2 Å². The van der Waals surface area contributed by atoms with Crippen molar-refractivity contribution in [3.8, 4) is 36.4 Å². The second kappa shape index (κ2) is 12.2. The third-order valence-electron chi connectivity index (χ3n) is 8.07. The largest absolute Gasteiger partial charge is 0.417 e. The number of benzene rings is 3. The molecule has 5 rings (SSSR count). The van der Waals surface area contributed by atoms with Crippen LogP contribution in [-0.4, -0.2) is 0 Å². The van der Waals surface area contributed by atoms with Gasteiger partial charge in [-0.3, -0.25) is 0 Å². The van der Waals surface area contributed by atoms with Crippen molar-refractivity contribution < 1.29 is 13.2 Å². The number of nitriles is 6. The van der Waals surface area contributed by atoms with Crippen LogP contribution in [0.3, 0.4) is 0 Å². The molecule has 0 saturated heterocycles. The molecule has 2 aliphatic rings. The van der Waals surface area contributed by atoms with Crippen molar-refractivity contribution in [3.05, 3.63) is 149 Å². The maximum Gasteiger partial charge on any atom is 0.417 e. The number of halogens is 3. The van der Waals surface area contributed by atoms with Gasteiger partial charge in [-0.05, 0) is 65.0 Å². The van der Waals surface area contributed by atoms with Gasteiger partial charge in [-0.2, -0.15) is 34.2 Å². The second-order valence-electron chi connectivity index (χ2n) is 10.8. The van der Waals surface area contributed by atoms with Gasteiger partial charge in [-0.1, -0.05) is 35.4 Å². The molecule has 3 aromatic rings. The van der Waals surface area contributed by atoms with Crippen molar-refractivity contribution in [1.29, 1.82) is 31.6 Å². The van der Waals surface area contributed by atoms with E-state index in [1.807, 2.05) is 24.3 Å². The first kappa shape index (κ1) is 33.2. The zero-order chi connectivity index (χ0) is 36.7. The molecule has 0 atom stereocenters. The van der Waals surface area contributed by atoms with Crippen LogP contribution in [0.5, 0.6) is 0 Å². The predicted octanol–water partition coefficient (Wildman–Crippen LogP) is 8.49. The molecule has 3 aromatic carbocycles. The molecule has 0 aliphatic heterocycles. The van der Waals surface area contributed by atoms with Gasteiger partial charge in [0.2, 0.25) is 5.70 Å². The topological polar surface area (TPSA) is 156 Å². The molecule has 0 bridgehead atoms. The van der Waals surface area contributed by atoms with Crippen molar-refractivity contribution in [3.63, 3.8) is 0 Å². The summed E-state index contributed by atoms with van der Waals surface area (Å²) in [6.07, 6.45) is -4.93. The number of aryl methyl sites for hydroxylation is 2. The van der Waals surface area contributed by atoms with Gasteiger partial charge in [0.05, 0.1) is 71.8 Å². The van der Waals surface area contributed by atoms with E-state index in [9.17, 15) is 44.7 Å². The Balaban J connectivity index is 2.09. The predicted molar refractivity (Wildman–Crippen MR) is 172 cm³/mol. The van der Waals surface area contributed by atoms with Gasteiger partial charge in [-0.25, -0.2) is 25.1 Å². The molecule has 0 unspecified atom stereocenters. The molecular weight excluding hydrogens is 639 g/mol. The molecule has 9 nitrogen and oxygen atoms in total. The van der Waals surface area contributed by atoms with Crippen LogP contribution in [0.1, 0.15) is 66.8 Å². The van der Waals surface area contributed by atoms with Crippen molar-refractivity contribution in [2.75, 3.05) is 0 Å². The minimum atomic E-state index is -4.93. The highest BCUT2D eigenvalue weighted by atomic mass is 19.4. The summed E-state index contributed by atoms with van der Waals surface area (Å²) in [5.41, 5.74) is -4.67. The summed E-state index contributed by atoms with van der Waals surface area (Å²) in [4.78, 5) is 10.3. The molecule has 0 amide bonds. The fourth-order valence-corrected chi connectivity index (χ4v) is 6.40. The van der Waals surface area contributed by atoms with Gasteiger partial charge in [0.25, 0.3) is 11.4 Å². The first-order valence-electron chi connectivity index (χ1n) is 14.0. The standard InChI is InChI=1S/C38H12F3N9/c1-18-8-19(2)10-21(9-18)30-36(28(17-47)49-4)33-24(14-44)31-23(13-43)29(20-6-7-26(38(39,40)41)22(11-20)12-42)35(27(16-46)48-3)32(31)25(15-45)34(33)37(30)50-5/h6-11H,1-2H3/b35-27-,36-28+. The average Bonchev–Trinajstić information content (AvgIpc) is 3.61. The summed E-state index contributed by atoms with van der Waals surface area (Å²) in [6.45, 7) is 27.4. The molecule has 0 spiro atoms. The van der Waals surface area contributed by atoms with Crippen LogP contribution in [-0.2, 0) is 6.18 Å². The lowest BCUT2D eigenvalue weighted by Crippen LogP contribution is -2.08. The molecule has 0 N–H and O–H groups in total. The summed E-state index contributed by atoms with van der Waals surface area (Å²) in [7, 11) is 0. The highest BCUT2D eigenvalue weighted by Gasteiger charge is 2.43. The van der Waals surface area contributed by atoms with E-state index in [-0.39, 0.29) is 66.9 Å². The van der Waals surface area contributed by atoms with Crippen LogP contribution in [0, 0.1) is 102 Å². The minimum Gasteiger partial charge on any atom is -0.237 e. The smallest absolute Gasteiger partial charge is 0.237 e. The Morgan fingerprint density at radius 2 is 1.18 bits per heavy atom. The summed E-state index contributed by atoms with van der Waals surface area (Å²) in [6, 6.07) is 18.4. The Bertz CT molecular complexity index is 2640. The lowest BCUT2D eigenvalue weighted by molar-refractivity contribution is -0.137. The molecular formula is C38H12F3N9. The number of alkyl halides is 3. The lowest BCUT2D eigenvalue weighted by Gasteiger charge is -2.17. The summed E-state index contributed by atoms with van der Waals surface area (Å²) >= 11 is 0. The van der Waals surface area contributed by atoms with Crippen molar-refractivity contribution in [2.24, 2.45) is 0 Å². The maximum atomic E-state index is 13.7. The fourth-order valence-electron chi connectivity index (χ4n) is 6.40. The Labute approximate surface area is 283 Å². The van der Waals surface area contributed by atoms with Gasteiger partial charge in [-0.15, -0.1) is 0 Å². The Kier molecular flexibility index (Phi) is 8.10. The van der Waals surface area contributed by atoms with E-state index in [1.54, 1.807) is 38.1 Å². The minimum absolute atomic E-state index is 0.0753. The van der Waals surface area contributed by atoms with Gasteiger partial charge >= 0.3 is 6.18 Å². The second-order valence-corrected chi connectivity index (χ2v) is 10.8. The molecule has 0 fully saturated rings. The number of hydrogen-bond acceptors (Lipinski definition) is 6. The highest BCUT2D eigenvalue weighted by molar-refractivity contribution is 6.31. The molecule has 0 heterocycles. The van der Waals surface area contributed by atoms with E-state index in [1.165, 1.54) is 6.07 Å². The number of fused-ring (bicyclic) bond motifs is 2. The van der Waals surface area contributed by atoms with Crippen molar-refractivity contribution >= 4 is 33.6 Å². The molecule has 0 radical (unpaired) electrons. The van der Waals surface area contributed by atoms with Crippen LogP contribution < -0.4 is 0 Å². The van der Waals surface area contributed by atoms with Crippen LogP contribution in [0.2, 0.25) is 0 Å². The Hall–Kier alpha value is -8.18. The van der Waals surface area contributed by atoms with Crippen LogP contribution >= 0.6 is 0 Å². The number of hydrogen-bond donors (Lipinski definition) is 0. The van der Waals surface area contributed by atoms with Gasteiger partial charge in [0.15, 0.2) is 0 Å². The number of rotatable bonds is 2. The highest BCUT2D eigenvalue weighted by Crippen LogP contribution is 2.58. The maximum absolute atomic E-state index is 13.7. The Morgan fingerprint density at radius 3 is 1.64 bits per heavy atom. The SMILES string of the molecule is [C-]#[N+]C1=C(c2cc(C)cc(C)c2)/C(=C(/C#N)[N+]#[C-])c2c(C#N)c3c(c(C#N)c21)/C(=C(/C#N)[N+]#[C-])C(c1ccc(C(F)(F)F)c(C#N)c1)=C3C#N. The van der Waals surface area contributed by atoms with E-state index in [4.69, 9.17) is 19.7 Å². The third-order valence-corrected chi connectivity index (χ3v) is 8.07. The number of nitrogens with zero attached hydrogens (tertiary/aromatic N) is 9. The van der Waals surface area contributed by atoms with E-state index in [0.29, 0.717) is 11.6 Å². The van der Waals surface area contributed by atoms with E-state index in [2.05, 4.69) is 14.5 Å². The molecule has 230 valence electrons. The van der Waals surface area contributed by atoms with Gasteiger partial charge < -0.3 is 0 Å². The monoisotopic (exact) mass is 651 g/mol. The molecule has 2 aliphatic carbocycles.